The molecule has 21 heavy (non-hydrogen) atoms. The summed E-state index contributed by atoms with van der Waals surface area (Å²) in [6.07, 6.45) is 6.96. The van der Waals surface area contributed by atoms with E-state index < -0.39 is 5.97 Å². The predicted molar refractivity (Wildman–Crippen MR) is 85.4 cm³/mol. The minimum Gasteiger partial charge on any atom is -0.478 e. The second kappa shape index (κ2) is 7.14. The summed E-state index contributed by atoms with van der Waals surface area (Å²) < 4.78 is 5.88. The highest BCUT2D eigenvalue weighted by atomic mass is 35.5. The first kappa shape index (κ1) is 15.4. The topological polar surface area (TPSA) is 50.4 Å². The van der Waals surface area contributed by atoms with Crippen molar-refractivity contribution in [2.75, 3.05) is 0 Å². The van der Waals surface area contributed by atoms with Crippen LogP contribution < -0.4 is 0 Å². The number of furan rings is 1. The van der Waals surface area contributed by atoms with E-state index in [9.17, 15) is 4.79 Å². The van der Waals surface area contributed by atoms with Crippen LogP contribution in [0.25, 0.3) is 16.0 Å². The van der Waals surface area contributed by atoms with Crippen LogP contribution in [0, 0.1) is 0 Å². The molecule has 1 N–H and O–H groups in total. The molecule has 0 radical (unpaired) electrons. The molecule has 110 valence electrons. The zero-order valence-electron chi connectivity index (χ0n) is 11.8. The number of benzene rings is 1. The van der Waals surface area contributed by atoms with Crippen molar-refractivity contribution in [3.8, 4) is 0 Å². The third-order valence-corrected chi connectivity index (χ3v) is 3.46. The van der Waals surface area contributed by atoms with Crippen LogP contribution in [0.3, 0.4) is 0 Å². The summed E-state index contributed by atoms with van der Waals surface area (Å²) >= 11 is 6.35. The summed E-state index contributed by atoms with van der Waals surface area (Å²) in [5.74, 6) is -0.151. The maximum absolute atomic E-state index is 10.5. The van der Waals surface area contributed by atoms with Crippen LogP contribution in [0.1, 0.15) is 31.1 Å². The maximum atomic E-state index is 10.5. The van der Waals surface area contributed by atoms with Crippen molar-refractivity contribution in [2.24, 2.45) is 0 Å². The molecular formula is C17H17ClO3. The Labute approximate surface area is 128 Å². The monoisotopic (exact) mass is 304 g/mol. The Hall–Kier alpha value is -2.00. The van der Waals surface area contributed by atoms with Crippen LogP contribution in [-0.4, -0.2) is 11.1 Å². The summed E-state index contributed by atoms with van der Waals surface area (Å²) in [4.78, 5) is 10.5. The van der Waals surface area contributed by atoms with Crippen molar-refractivity contribution in [1.29, 1.82) is 0 Å². The number of carboxylic acid groups (broad SMARTS) is 1. The number of fused-ring (bicyclic) bond motifs is 1. The Balaban J connectivity index is 2.46. The lowest BCUT2D eigenvalue weighted by Crippen LogP contribution is -1.87. The van der Waals surface area contributed by atoms with Crippen LogP contribution in [0.5, 0.6) is 0 Å². The molecule has 0 amide bonds. The zero-order valence-corrected chi connectivity index (χ0v) is 12.6. The van der Waals surface area contributed by atoms with Gasteiger partial charge in [-0.3, -0.25) is 0 Å². The van der Waals surface area contributed by atoms with Gasteiger partial charge in [0, 0.05) is 23.4 Å². The SMILES string of the molecule is CCCCc1oc2ccccc2c1/C(Cl)=C/C=C/C(=O)O. The number of aryl methyl sites for hydroxylation is 1. The van der Waals surface area contributed by atoms with Gasteiger partial charge in [0.1, 0.15) is 11.3 Å². The Morgan fingerprint density at radius 3 is 2.86 bits per heavy atom. The van der Waals surface area contributed by atoms with Gasteiger partial charge in [0.2, 0.25) is 0 Å². The molecule has 1 aromatic carbocycles. The number of hydrogen-bond acceptors (Lipinski definition) is 2. The highest BCUT2D eigenvalue weighted by molar-refractivity contribution is 6.50. The van der Waals surface area contributed by atoms with Gasteiger partial charge < -0.3 is 9.52 Å². The molecule has 0 fully saturated rings. The second-order valence-electron chi connectivity index (χ2n) is 4.71. The van der Waals surface area contributed by atoms with Crippen LogP contribution in [0.2, 0.25) is 0 Å². The van der Waals surface area contributed by atoms with E-state index >= 15 is 0 Å². The molecule has 0 aliphatic carbocycles. The third kappa shape index (κ3) is 3.76. The van der Waals surface area contributed by atoms with Gasteiger partial charge >= 0.3 is 5.97 Å². The summed E-state index contributed by atoms with van der Waals surface area (Å²) in [5, 5.41) is 10.1. The van der Waals surface area contributed by atoms with E-state index in [-0.39, 0.29) is 0 Å². The fourth-order valence-electron chi connectivity index (χ4n) is 2.17. The van der Waals surface area contributed by atoms with E-state index in [0.717, 1.165) is 47.6 Å². The van der Waals surface area contributed by atoms with E-state index in [4.69, 9.17) is 21.1 Å². The number of unbranched alkanes of at least 4 members (excludes halogenated alkanes) is 1. The largest absolute Gasteiger partial charge is 0.478 e. The van der Waals surface area contributed by atoms with E-state index in [1.165, 1.54) is 6.08 Å². The maximum Gasteiger partial charge on any atom is 0.328 e. The number of carbonyl (C=O) groups is 1. The minimum absolute atomic E-state index is 0.489. The molecule has 0 spiro atoms. The molecule has 4 heteroatoms. The zero-order chi connectivity index (χ0) is 15.2. The van der Waals surface area contributed by atoms with Gasteiger partial charge in [0.25, 0.3) is 0 Å². The average Bonchev–Trinajstić information content (AvgIpc) is 2.82. The van der Waals surface area contributed by atoms with Crippen molar-refractivity contribution in [3.63, 3.8) is 0 Å². The van der Waals surface area contributed by atoms with Gasteiger partial charge in [0.15, 0.2) is 0 Å². The quantitative estimate of drug-likeness (QED) is 0.604. The fraction of sp³-hybridized carbons (Fsp3) is 0.235. The molecule has 0 aliphatic rings. The van der Waals surface area contributed by atoms with E-state index in [2.05, 4.69) is 6.92 Å². The van der Waals surface area contributed by atoms with Gasteiger partial charge in [0.05, 0.1) is 5.03 Å². The lowest BCUT2D eigenvalue weighted by atomic mass is 10.1. The lowest BCUT2D eigenvalue weighted by molar-refractivity contribution is -0.131. The highest BCUT2D eigenvalue weighted by Crippen LogP contribution is 2.34. The molecule has 0 bridgehead atoms. The molecule has 2 aromatic rings. The number of aliphatic carboxylic acids is 1. The molecule has 0 unspecified atom stereocenters. The molecule has 0 aliphatic heterocycles. The molecular weight excluding hydrogens is 288 g/mol. The summed E-state index contributed by atoms with van der Waals surface area (Å²) in [5.41, 5.74) is 1.66. The van der Waals surface area contributed by atoms with Gasteiger partial charge in [-0.25, -0.2) is 4.79 Å². The van der Waals surface area contributed by atoms with Crippen molar-refractivity contribution in [2.45, 2.75) is 26.2 Å². The molecule has 1 heterocycles. The summed E-state index contributed by atoms with van der Waals surface area (Å²) in [6, 6.07) is 7.72. The first-order chi connectivity index (χ1) is 10.1. The molecule has 0 saturated carbocycles. The van der Waals surface area contributed by atoms with Crippen LogP contribution in [-0.2, 0) is 11.2 Å². The Kier molecular flexibility index (Phi) is 5.23. The Morgan fingerprint density at radius 1 is 1.38 bits per heavy atom. The Morgan fingerprint density at radius 2 is 2.14 bits per heavy atom. The van der Waals surface area contributed by atoms with E-state index in [1.807, 2.05) is 24.3 Å². The normalized spacial score (nSPS) is 12.4. The number of allylic oxidation sites excluding steroid dienone is 2. The molecule has 0 saturated heterocycles. The Bertz CT molecular complexity index is 695. The fourth-order valence-corrected chi connectivity index (χ4v) is 2.45. The number of para-hydroxylation sites is 1. The van der Waals surface area contributed by atoms with Crippen LogP contribution >= 0.6 is 11.6 Å². The third-order valence-electron chi connectivity index (χ3n) is 3.15. The molecule has 2 rings (SSSR count). The summed E-state index contributed by atoms with van der Waals surface area (Å²) in [6.45, 7) is 2.12. The number of rotatable bonds is 6. The first-order valence-corrected chi connectivity index (χ1v) is 7.28. The number of halogens is 1. The van der Waals surface area contributed by atoms with Crippen molar-refractivity contribution in [1.82, 2.24) is 0 Å². The van der Waals surface area contributed by atoms with E-state index in [1.54, 1.807) is 6.08 Å². The van der Waals surface area contributed by atoms with Gasteiger partial charge in [-0.2, -0.15) is 0 Å². The minimum atomic E-state index is -1.00. The van der Waals surface area contributed by atoms with Crippen molar-refractivity contribution in [3.05, 3.63) is 53.8 Å². The number of hydrogen-bond donors (Lipinski definition) is 1. The number of carboxylic acids is 1. The molecule has 3 nitrogen and oxygen atoms in total. The van der Waals surface area contributed by atoms with Gasteiger partial charge in [-0.05, 0) is 18.6 Å². The van der Waals surface area contributed by atoms with Gasteiger partial charge in [-0.1, -0.05) is 49.2 Å². The van der Waals surface area contributed by atoms with Crippen LogP contribution in [0.15, 0.2) is 46.9 Å². The van der Waals surface area contributed by atoms with Crippen LogP contribution in [0.4, 0.5) is 0 Å². The highest BCUT2D eigenvalue weighted by Gasteiger charge is 2.15. The van der Waals surface area contributed by atoms with Crippen molar-refractivity contribution < 1.29 is 14.3 Å². The average molecular weight is 305 g/mol. The smallest absolute Gasteiger partial charge is 0.328 e. The summed E-state index contributed by atoms with van der Waals surface area (Å²) in [7, 11) is 0. The standard InChI is InChI=1S/C17H17ClO3/c1-2-3-9-15-17(13(18)8-6-11-16(19)20)12-7-4-5-10-14(12)21-15/h4-8,10-11H,2-3,9H2,1H3,(H,19,20)/b11-6+,13-8-. The van der Waals surface area contributed by atoms with Gasteiger partial charge in [-0.15, -0.1) is 0 Å². The molecule has 1 aromatic heterocycles. The second-order valence-corrected chi connectivity index (χ2v) is 5.12. The lowest BCUT2D eigenvalue weighted by Gasteiger charge is -2.00. The van der Waals surface area contributed by atoms with E-state index in [0.29, 0.717) is 5.03 Å². The first-order valence-electron chi connectivity index (χ1n) is 6.91. The predicted octanol–water partition coefficient (Wildman–Crippen LogP) is 5.00. The van der Waals surface area contributed by atoms with Crippen molar-refractivity contribution >= 4 is 33.6 Å². The molecule has 0 atom stereocenters.